The van der Waals surface area contributed by atoms with Crippen molar-refractivity contribution in [3.8, 4) is 5.75 Å². The topological polar surface area (TPSA) is 49.9 Å². The quantitative estimate of drug-likeness (QED) is 0.761. The van der Waals surface area contributed by atoms with E-state index in [4.69, 9.17) is 4.74 Å². The maximum absolute atomic E-state index is 13.1. The summed E-state index contributed by atoms with van der Waals surface area (Å²) in [4.78, 5) is 2.70. The summed E-state index contributed by atoms with van der Waals surface area (Å²) in [5.74, 6) is 0.686. The van der Waals surface area contributed by atoms with Crippen molar-refractivity contribution >= 4 is 10.0 Å². The van der Waals surface area contributed by atoms with Crippen molar-refractivity contribution in [2.45, 2.75) is 44.3 Å². The number of ether oxygens (including phenoxy) is 1. The lowest BCUT2D eigenvalue weighted by atomic mass is 10.1. The Hall–Kier alpha value is -1.89. The van der Waals surface area contributed by atoms with Gasteiger partial charge in [0.05, 0.1) is 11.5 Å². The van der Waals surface area contributed by atoms with E-state index in [2.05, 4.69) is 30.9 Å². The maximum atomic E-state index is 13.1. The normalized spacial score (nSPS) is 21.9. The van der Waals surface area contributed by atoms with Crippen LogP contribution in [0.5, 0.6) is 5.75 Å². The summed E-state index contributed by atoms with van der Waals surface area (Å²) in [5, 5.41) is 0. The SMILES string of the molecule is CCOc1ccc(S(=O)(=O)N2CC(C)N(Cc3ccccc3)C(C)C2)cc1. The summed E-state index contributed by atoms with van der Waals surface area (Å²) in [6, 6.07) is 17.3. The molecule has 1 heterocycles. The van der Waals surface area contributed by atoms with E-state index in [0.717, 1.165) is 6.54 Å². The monoisotopic (exact) mass is 388 g/mol. The van der Waals surface area contributed by atoms with Gasteiger partial charge in [-0.15, -0.1) is 0 Å². The van der Waals surface area contributed by atoms with Crippen LogP contribution in [0.15, 0.2) is 59.5 Å². The first-order valence-corrected chi connectivity index (χ1v) is 10.9. The van der Waals surface area contributed by atoms with Crippen LogP contribution in [0.3, 0.4) is 0 Å². The molecule has 0 spiro atoms. The minimum atomic E-state index is -3.50. The van der Waals surface area contributed by atoms with Crippen LogP contribution in [-0.4, -0.2) is 49.4 Å². The standard InChI is InChI=1S/C21H28N2O3S/c1-4-26-20-10-12-21(13-11-20)27(24,25)22-14-17(2)23(18(3)15-22)16-19-8-6-5-7-9-19/h5-13,17-18H,4,14-16H2,1-3H3. The Labute approximate surface area is 162 Å². The molecule has 5 nitrogen and oxygen atoms in total. The molecule has 0 aromatic heterocycles. The third kappa shape index (κ3) is 4.51. The van der Waals surface area contributed by atoms with Crippen molar-refractivity contribution in [1.29, 1.82) is 0 Å². The lowest BCUT2D eigenvalue weighted by Crippen LogP contribution is -2.57. The van der Waals surface area contributed by atoms with Gasteiger partial charge in [-0.1, -0.05) is 30.3 Å². The fraction of sp³-hybridized carbons (Fsp3) is 0.429. The molecule has 0 bridgehead atoms. The van der Waals surface area contributed by atoms with Crippen molar-refractivity contribution < 1.29 is 13.2 Å². The van der Waals surface area contributed by atoms with Crippen LogP contribution in [-0.2, 0) is 16.6 Å². The van der Waals surface area contributed by atoms with Crippen LogP contribution in [0.4, 0.5) is 0 Å². The molecule has 0 radical (unpaired) electrons. The van der Waals surface area contributed by atoms with Crippen LogP contribution >= 0.6 is 0 Å². The molecular weight excluding hydrogens is 360 g/mol. The van der Waals surface area contributed by atoms with Gasteiger partial charge in [-0.2, -0.15) is 4.31 Å². The highest BCUT2D eigenvalue weighted by Gasteiger charge is 2.36. The fourth-order valence-electron chi connectivity index (χ4n) is 3.63. The Morgan fingerprint density at radius 2 is 1.56 bits per heavy atom. The average Bonchev–Trinajstić information content (AvgIpc) is 2.66. The smallest absolute Gasteiger partial charge is 0.243 e. The molecule has 6 heteroatoms. The van der Waals surface area contributed by atoms with Crippen LogP contribution in [0.1, 0.15) is 26.3 Å². The Kier molecular flexibility index (Phi) is 6.19. The Morgan fingerprint density at radius 3 is 2.11 bits per heavy atom. The Balaban J connectivity index is 1.73. The highest BCUT2D eigenvalue weighted by atomic mass is 32.2. The molecule has 0 saturated carbocycles. The number of hydrogen-bond donors (Lipinski definition) is 0. The van der Waals surface area contributed by atoms with Gasteiger partial charge in [-0.3, -0.25) is 4.90 Å². The Bertz CT molecular complexity index is 825. The first kappa shape index (κ1) is 19.9. The second kappa shape index (κ2) is 8.42. The number of rotatable bonds is 6. The zero-order chi connectivity index (χ0) is 19.4. The van der Waals surface area contributed by atoms with Gasteiger partial charge in [0.2, 0.25) is 10.0 Å². The summed E-state index contributed by atoms with van der Waals surface area (Å²) in [6.07, 6.45) is 0. The zero-order valence-corrected chi connectivity index (χ0v) is 17.0. The number of sulfonamides is 1. The van der Waals surface area contributed by atoms with Gasteiger partial charge in [-0.05, 0) is 50.6 Å². The fourth-order valence-corrected chi connectivity index (χ4v) is 5.24. The van der Waals surface area contributed by atoms with E-state index < -0.39 is 10.0 Å². The van der Waals surface area contributed by atoms with E-state index in [-0.39, 0.29) is 12.1 Å². The van der Waals surface area contributed by atoms with Crippen LogP contribution in [0.2, 0.25) is 0 Å². The first-order chi connectivity index (χ1) is 12.9. The second-order valence-electron chi connectivity index (χ2n) is 7.08. The molecule has 2 aromatic rings. The van der Waals surface area contributed by atoms with E-state index in [1.54, 1.807) is 28.6 Å². The summed E-state index contributed by atoms with van der Waals surface area (Å²) in [7, 11) is -3.50. The largest absolute Gasteiger partial charge is 0.494 e. The number of nitrogens with zero attached hydrogens (tertiary/aromatic N) is 2. The summed E-state index contributed by atoms with van der Waals surface area (Å²) < 4.78 is 33.2. The third-order valence-corrected chi connectivity index (χ3v) is 6.89. The van der Waals surface area contributed by atoms with Crippen molar-refractivity contribution in [3.05, 3.63) is 60.2 Å². The molecule has 2 unspecified atom stereocenters. The molecule has 1 saturated heterocycles. The molecule has 3 rings (SSSR count). The molecule has 2 aromatic carbocycles. The van der Waals surface area contributed by atoms with E-state index >= 15 is 0 Å². The Morgan fingerprint density at radius 1 is 0.963 bits per heavy atom. The predicted octanol–water partition coefficient (Wildman–Crippen LogP) is 3.37. The van der Waals surface area contributed by atoms with E-state index in [1.807, 2.05) is 25.1 Å². The summed E-state index contributed by atoms with van der Waals surface area (Å²) in [6.45, 7) is 8.48. The molecule has 27 heavy (non-hydrogen) atoms. The molecule has 1 fully saturated rings. The molecule has 2 atom stereocenters. The molecule has 0 aliphatic carbocycles. The highest BCUT2D eigenvalue weighted by molar-refractivity contribution is 7.89. The van der Waals surface area contributed by atoms with Crippen molar-refractivity contribution in [2.24, 2.45) is 0 Å². The second-order valence-corrected chi connectivity index (χ2v) is 9.02. The zero-order valence-electron chi connectivity index (χ0n) is 16.2. The van der Waals surface area contributed by atoms with Crippen molar-refractivity contribution in [1.82, 2.24) is 9.21 Å². The number of benzene rings is 2. The van der Waals surface area contributed by atoms with Gasteiger partial charge in [0.1, 0.15) is 5.75 Å². The summed E-state index contributed by atoms with van der Waals surface area (Å²) in [5.41, 5.74) is 1.25. The third-order valence-electron chi connectivity index (χ3n) is 5.05. The van der Waals surface area contributed by atoms with Crippen molar-refractivity contribution in [2.75, 3.05) is 19.7 Å². The molecule has 146 valence electrons. The summed E-state index contributed by atoms with van der Waals surface area (Å²) >= 11 is 0. The van der Waals surface area contributed by atoms with Gasteiger partial charge < -0.3 is 4.74 Å². The minimum absolute atomic E-state index is 0.145. The number of piperazine rings is 1. The predicted molar refractivity (Wildman–Crippen MR) is 107 cm³/mol. The number of hydrogen-bond acceptors (Lipinski definition) is 4. The average molecular weight is 389 g/mol. The molecular formula is C21H28N2O3S. The van der Waals surface area contributed by atoms with E-state index in [0.29, 0.717) is 30.3 Å². The molecule has 1 aliphatic heterocycles. The van der Waals surface area contributed by atoms with Crippen molar-refractivity contribution in [3.63, 3.8) is 0 Å². The van der Waals surface area contributed by atoms with Crippen LogP contribution < -0.4 is 4.74 Å². The van der Waals surface area contributed by atoms with Crippen LogP contribution in [0.25, 0.3) is 0 Å². The minimum Gasteiger partial charge on any atom is -0.494 e. The van der Waals surface area contributed by atoms with Gasteiger partial charge in [-0.25, -0.2) is 8.42 Å². The van der Waals surface area contributed by atoms with Crippen LogP contribution in [0, 0.1) is 0 Å². The van der Waals surface area contributed by atoms with Gasteiger partial charge >= 0.3 is 0 Å². The molecule has 0 N–H and O–H groups in total. The van der Waals surface area contributed by atoms with Gasteiger partial charge in [0.25, 0.3) is 0 Å². The van der Waals surface area contributed by atoms with Gasteiger partial charge in [0, 0.05) is 31.7 Å². The van der Waals surface area contributed by atoms with Gasteiger partial charge in [0.15, 0.2) is 0 Å². The molecule has 0 amide bonds. The lowest BCUT2D eigenvalue weighted by molar-refractivity contribution is 0.0699. The highest BCUT2D eigenvalue weighted by Crippen LogP contribution is 2.25. The maximum Gasteiger partial charge on any atom is 0.243 e. The molecule has 1 aliphatic rings. The van der Waals surface area contributed by atoms with E-state index in [1.165, 1.54) is 5.56 Å². The lowest BCUT2D eigenvalue weighted by Gasteiger charge is -2.43. The van der Waals surface area contributed by atoms with E-state index in [9.17, 15) is 8.42 Å². The first-order valence-electron chi connectivity index (χ1n) is 9.44.